The molecule has 0 amide bonds. The summed E-state index contributed by atoms with van der Waals surface area (Å²) in [5.41, 5.74) is 6.12. The number of allylic oxidation sites excluding steroid dienone is 1. The Morgan fingerprint density at radius 1 is 0.976 bits per heavy atom. The molecule has 1 heterocycles. The van der Waals surface area contributed by atoms with E-state index in [1.807, 2.05) is 0 Å². The van der Waals surface area contributed by atoms with E-state index in [9.17, 15) is 4.79 Å². The lowest BCUT2D eigenvalue weighted by molar-refractivity contribution is -0.228. The number of hydrogen-bond acceptors (Lipinski definition) is 2. The zero-order valence-corrected chi connectivity index (χ0v) is 27.1. The molecule has 7 rings (SSSR count). The molecule has 0 saturated heterocycles. The number of H-pyrrole nitrogens is 1. The Morgan fingerprint density at radius 3 is 2.48 bits per heavy atom. The molecule has 3 nitrogen and oxygen atoms in total. The number of esters is 1. The van der Waals surface area contributed by atoms with Crippen LogP contribution in [0.3, 0.4) is 0 Å². The summed E-state index contributed by atoms with van der Waals surface area (Å²) in [5.74, 6) is 2.68. The third-order valence-corrected chi connectivity index (χ3v) is 15.0. The van der Waals surface area contributed by atoms with Gasteiger partial charge in [-0.05, 0) is 122 Å². The van der Waals surface area contributed by atoms with E-state index in [1.165, 1.54) is 54.3 Å². The smallest absolute Gasteiger partial charge is 0.312 e. The quantitative estimate of drug-likeness (QED) is 0.295. The highest BCUT2D eigenvalue weighted by Crippen LogP contribution is 2.77. The van der Waals surface area contributed by atoms with Crippen LogP contribution in [0.15, 0.2) is 49.1 Å². The van der Waals surface area contributed by atoms with Gasteiger partial charge in [-0.15, -0.1) is 0 Å². The maximum absolute atomic E-state index is 13.9. The minimum absolute atomic E-state index is 0.0436. The minimum atomic E-state index is -0.354. The van der Waals surface area contributed by atoms with Crippen LogP contribution < -0.4 is 0 Å². The molecule has 5 aliphatic rings. The fourth-order valence-electron chi connectivity index (χ4n) is 13.1. The molecule has 1 aromatic heterocycles. The maximum atomic E-state index is 13.9. The van der Waals surface area contributed by atoms with Gasteiger partial charge in [0.25, 0.3) is 0 Å². The second-order valence-electron chi connectivity index (χ2n) is 16.7. The molecule has 226 valence electrons. The molecule has 42 heavy (non-hydrogen) atoms. The number of aromatic amines is 1. The third kappa shape index (κ3) is 3.37. The Balaban J connectivity index is 1.30. The van der Waals surface area contributed by atoms with Gasteiger partial charge in [-0.25, -0.2) is 0 Å². The van der Waals surface area contributed by atoms with E-state index in [1.54, 1.807) is 11.6 Å². The zero-order chi connectivity index (χ0) is 29.9. The van der Waals surface area contributed by atoms with Crippen molar-refractivity contribution in [2.75, 3.05) is 6.61 Å². The van der Waals surface area contributed by atoms with E-state index >= 15 is 0 Å². The van der Waals surface area contributed by atoms with Crippen LogP contribution >= 0.6 is 0 Å². The number of benzene rings is 1. The Morgan fingerprint density at radius 2 is 1.74 bits per heavy atom. The van der Waals surface area contributed by atoms with Crippen LogP contribution in [-0.2, 0) is 21.4 Å². The largest absolute Gasteiger partial charge is 0.461 e. The lowest BCUT2D eigenvalue weighted by Crippen LogP contribution is -2.67. The number of carbonyl (C=O) groups excluding carboxylic acids is 1. The molecular formula is C39H53NO2. The molecule has 1 aromatic carbocycles. The van der Waals surface area contributed by atoms with Crippen molar-refractivity contribution in [3.8, 4) is 0 Å². The van der Waals surface area contributed by atoms with Gasteiger partial charge in [0.15, 0.2) is 0 Å². The Labute approximate surface area is 254 Å². The lowest BCUT2D eigenvalue weighted by atomic mass is 9.32. The summed E-state index contributed by atoms with van der Waals surface area (Å²) in [6.45, 7) is 23.9. The summed E-state index contributed by atoms with van der Waals surface area (Å²) in [6.07, 6.45) is 12.1. The van der Waals surface area contributed by atoms with E-state index in [2.05, 4.69) is 83.9 Å². The topological polar surface area (TPSA) is 42.1 Å². The Hall–Kier alpha value is -2.29. The van der Waals surface area contributed by atoms with Crippen LogP contribution in [0.1, 0.15) is 104 Å². The third-order valence-electron chi connectivity index (χ3n) is 15.0. The fourth-order valence-corrected chi connectivity index (χ4v) is 13.1. The van der Waals surface area contributed by atoms with E-state index in [4.69, 9.17) is 4.74 Å². The maximum Gasteiger partial charge on any atom is 0.312 e. The van der Waals surface area contributed by atoms with Gasteiger partial charge >= 0.3 is 5.97 Å². The van der Waals surface area contributed by atoms with E-state index in [0.717, 1.165) is 25.7 Å². The highest BCUT2D eigenvalue weighted by atomic mass is 16.5. The first-order valence-electron chi connectivity index (χ1n) is 16.9. The standard InChI is InChI=1S/C39H53NO2/c1-9-22-42-34(41)39-19-16-25(24(2)3)32(39)28-14-15-31-36(6)23-27-26-12-10-11-13-29(26)40-33(27)35(4,5)30(36)17-18-38(31,8)37(28,7)20-21-39/h9-13,25,28,30-32,40H,1-2,14-23H2,3-8H3/t25?,28?,30?,31?,32?,36-,37+,38+,39-/m0/s1. The van der Waals surface area contributed by atoms with Crippen LogP contribution in [0, 0.1) is 51.2 Å². The van der Waals surface area contributed by atoms with Crippen molar-refractivity contribution in [1.29, 1.82) is 0 Å². The summed E-state index contributed by atoms with van der Waals surface area (Å²) >= 11 is 0. The molecule has 3 heteroatoms. The van der Waals surface area contributed by atoms with Crippen LogP contribution in [0.4, 0.5) is 0 Å². The minimum Gasteiger partial charge on any atom is -0.461 e. The first kappa shape index (κ1) is 28.5. The molecule has 0 radical (unpaired) electrons. The molecule has 5 unspecified atom stereocenters. The van der Waals surface area contributed by atoms with Gasteiger partial charge in [0.2, 0.25) is 0 Å². The fraction of sp³-hybridized carbons (Fsp3) is 0.667. The number of ether oxygens (including phenoxy) is 1. The Bertz CT molecular complexity index is 1460. The summed E-state index contributed by atoms with van der Waals surface area (Å²) in [4.78, 5) is 17.8. The van der Waals surface area contributed by atoms with Crippen molar-refractivity contribution in [3.05, 3.63) is 60.3 Å². The van der Waals surface area contributed by atoms with Crippen LogP contribution in [-0.4, -0.2) is 17.6 Å². The molecule has 4 fully saturated rings. The predicted octanol–water partition coefficient (Wildman–Crippen LogP) is 9.57. The van der Waals surface area contributed by atoms with Crippen LogP contribution in [0.5, 0.6) is 0 Å². The number of nitrogens with one attached hydrogen (secondary N) is 1. The first-order valence-corrected chi connectivity index (χ1v) is 16.9. The normalized spacial score (nSPS) is 43.3. The van der Waals surface area contributed by atoms with Gasteiger partial charge < -0.3 is 9.72 Å². The SMILES string of the molecule is C=CCOC(=O)[C@]12CCC(C(=C)C)C1C1CCC3[C@@]4(C)Cc5c([nH]c6ccccc56)C(C)(C)C4CC[C@@]3(C)[C@]1(C)CC2. The monoisotopic (exact) mass is 567 g/mol. The Kier molecular flexibility index (Phi) is 6.18. The average Bonchev–Trinajstić information content (AvgIpc) is 3.52. The second kappa shape index (κ2) is 9.12. The summed E-state index contributed by atoms with van der Waals surface area (Å²) in [6, 6.07) is 8.99. The van der Waals surface area contributed by atoms with Crippen molar-refractivity contribution in [2.24, 2.45) is 51.2 Å². The zero-order valence-electron chi connectivity index (χ0n) is 27.1. The van der Waals surface area contributed by atoms with Gasteiger partial charge in [0, 0.05) is 22.0 Å². The van der Waals surface area contributed by atoms with Crippen molar-refractivity contribution < 1.29 is 9.53 Å². The van der Waals surface area contributed by atoms with Gasteiger partial charge in [-0.3, -0.25) is 4.79 Å². The number of rotatable bonds is 4. The summed E-state index contributed by atoms with van der Waals surface area (Å²) in [7, 11) is 0. The highest BCUT2D eigenvalue weighted by Gasteiger charge is 2.72. The van der Waals surface area contributed by atoms with E-state index in [0.29, 0.717) is 36.2 Å². The molecule has 0 bridgehead atoms. The van der Waals surface area contributed by atoms with Crippen LogP contribution in [0.2, 0.25) is 0 Å². The van der Waals surface area contributed by atoms with Crippen molar-refractivity contribution in [3.63, 3.8) is 0 Å². The number of fused-ring (bicyclic) bond motifs is 10. The number of hydrogen-bond donors (Lipinski definition) is 1. The van der Waals surface area contributed by atoms with Crippen molar-refractivity contribution >= 4 is 16.9 Å². The average molecular weight is 568 g/mol. The molecule has 2 aromatic rings. The second-order valence-corrected chi connectivity index (χ2v) is 16.7. The molecular weight excluding hydrogens is 514 g/mol. The van der Waals surface area contributed by atoms with Crippen molar-refractivity contribution in [2.45, 2.75) is 105 Å². The number of aromatic nitrogens is 1. The van der Waals surface area contributed by atoms with Gasteiger partial charge in [-0.2, -0.15) is 0 Å². The number of carbonyl (C=O) groups is 1. The molecule has 4 saturated carbocycles. The predicted molar refractivity (Wildman–Crippen MR) is 172 cm³/mol. The van der Waals surface area contributed by atoms with Gasteiger partial charge in [0.1, 0.15) is 6.61 Å². The molecule has 0 aliphatic heterocycles. The summed E-state index contributed by atoms with van der Waals surface area (Å²) in [5, 5.41) is 1.43. The van der Waals surface area contributed by atoms with Gasteiger partial charge in [0.05, 0.1) is 5.41 Å². The lowest BCUT2D eigenvalue weighted by Gasteiger charge is -2.72. The van der Waals surface area contributed by atoms with Crippen LogP contribution in [0.25, 0.3) is 10.9 Å². The molecule has 1 N–H and O–H groups in total. The van der Waals surface area contributed by atoms with E-state index in [-0.39, 0.29) is 33.0 Å². The number of para-hydroxylation sites is 1. The molecule has 0 spiro atoms. The van der Waals surface area contributed by atoms with Gasteiger partial charge in [-0.1, -0.05) is 77.6 Å². The molecule has 9 atom stereocenters. The summed E-state index contributed by atoms with van der Waals surface area (Å²) < 4.78 is 5.89. The first-order chi connectivity index (χ1) is 19.8. The van der Waals surface area contributed by atoms with Crippen molar-refractivity contribution in [1.82, 2.24) is 4.98 Å². The highest BCUT2D eigenvalue weighted by molar-refractivity contribution is 5.85. The van der Waals surface area contributed by atoms with E-state index < -0.39 is 0 Å². The molecule has 5 aliphatic carbocycles.